The van der Waals surface area contributed by atoms with Gasteiger partial charge in [-0.2, -0.15) is 0 Å². The first kappa shape index (κ1) is 17.9. The van der Waals surface area contributed by atoms with Crippen LogP contribution in [0.5, 0.6) is 0 Å². The summed E-state index contributed by atoms with van der Waals surface area (Å²) in [6, 6.07) is 8.89. The third-order valence-electron chi connectivity index (χ3n) is 4.06. The van der Waals surface area contributed by atoms with Gasteiger partial charge in [-0.1, -0.05) is 31.5 Å². The molecule has 0 radical (unpaired) electrons. The highest BCUT2D eigenvalue weighted by atomic mass is 32.2. The van der Waals surface area contributed by atoms with Gasteiger partial charge in [0.15, 0.2) is 5.90 Å². The van der Waals surface area contributed by atoms with Crippen molar-refractivity contribution >= 4 is 15.9 Å². The lowest BCUT2D eigenvalue weighted by molar-refractivity contribution is 0.306. The number of benzene rings is 1. The molecule has 0 saturated heterocycles. The second kappa shape index (κ2) is 8.45. The molecule has 0 aliphatic carbocycles. The Morgan fingerprint density at radius 1 is 1.22 bits per heavy atom. The fraction of sp³-hybridized carbons (Fsp3) is 0.588. The summed E-state index contributed by atoms with van der Waals surface area (Å²) in [5.74, 6) is 0.863. The Morgan fingerprint density at radius 2 is 1.96 bits per heavy atom. The predicted octanol–water partition coefficient (Wildman–Crippen LogP) is 3.07. The van der Waals surface area contributed by atoms with E-state index in [1.165, 1.54) is 4.31 Å². The minimum Gasteiger partial charge on any atom is -0.479 e. The average molecular weight is 338 g/mol. The SMILES string of the molecule is CC[C@@H]1COC(CCCCCN(C)S(=O)(=O)c2ccccc2)=N1. The summed E-state index contributed by atoms with van der Waals surface area (Å²) >= 11 is 0. The molecule has 23 heavy (non-hydrogen) atoms. The number of hydrogen-bond acceptors (Lipinski definition) is 4. The van der Waals surface area contributed by atoms with Gasteiger partial charge in [0.25, 0.3) is 0 Å². The second-order valence-corrected chi connectivity index (χ2v) is 7.89. The van der Waals surface area contributed by atoms with Gasteiger partial charge in [-0.3, -0.25) is 0 Å². The molecule has 1 atom stereocenters. The smallest absolute Gasteiger partial charge is 0.242 e. The van der Waals surface area contributed by atoms with Crippen molar-refractivity contribution in [2.24, 2.45) is 4.99 Å². The summed E-state index contributed by atoms with van der Waals surface area (Å²) in [7, 11) is -1.73. The fourth-order valence-corrected chi connectivity index (χ4v) is 3.73. The van der Waals surface area contributed by atoms with Crippen LogP contribution in [0.2, 0.25) is 0 Å². The molecule has 1 aliphatic heterocycles. The molecule has 1 heterocycles. The molecule has 1 aromatic carbocycles. The van der Waals surface area contributed by atoms with Crippen LogP contribution in [-0.4, -0.2) is 44.9 Å². The van der Waals surface area contributed by atoms with Crippen molar-refractivity contribution in [2.75, 3.05) is 20.2 Å². The van der Waals surface area contributed by atoms with E-state index in [0.29, 0.717) is 24.1 Å². The third kappa shape index (κ3) is 5.04. The van der Waals surface area contributed by atoms with Crippen molar-refractivity contribution < 1.29 is 13.2 Å². The van der Waals surface area contributed by atoms with E-state index in [0.717, 1.165) is 38.0 Å². The highest BCUT2D eigenvalue weighted by molar-refractivity contribution is 7.89. The van der Waals surface area contributed by atoms with Gasteiger partial charge in [-0.05, 0) is 31.4 Å². The molecular weight excluding hydrogens is 312 g/mol. The van der Waals surface area contributed by atoms with Crippen LogP contribution >= 0.6 is 0 Å². The number of aliphatic imine (C=N–C) groups is 1. The first-order valence-electron chi connectivity index (χ1n) is 8.25. The zero-order valence-corrected chi connectivity index (χ0v) is 14.8. The van der Waals surface area contributed by atoms with Crippen LogP contribution in [0, 0.1) is 0 Å². The fourth-order valence-electron chi connectivity index (χ4n) is 2.50. The minimum atomic E-state index is -3.37. The molecule has 0 aromatic heterocycles. The molecule has 0 saturated carbocycles. The van der Waals surface area contributed by atoms with Crippen LogP contribution in [0.1, 0.15) is 39.0 Å². The van der Waals surface area contributed by atoms with Gasteiger partial charge in [0.2, 0.25) is 10.0 Å². The summed E-state index contributed by atoms with van der Waals surface area (Å²) in [5.41, 5.74) is 0. The Hall–Kier alpha value is -1.40. The summed E-state index contributed by atoms with van der Waals surface area (Å²) in [6.45, 7) is 3.36. The van der Waals surface area contributed by atoms with E-state index >= 15 is 0 Å². The lowest BCUT2D eigenvalue weighted by atomic mass is 10.2. The topological polar surface area (TPSA) is 59.0 Å². The Kier molecular flexibility index (Phi) is 6.59. The van der Waals surface area contributed by atoms with Gasteiger partial charge in [0.1, 0.15) is 6.61 Å². The van der Waals surface area contributed by atoms with E-state index in [-0.39, 0.29) is 0 Å². The van der Waals surface area contributed by atoms with Gasteiger partial charge < -0.3 is 4.74 Å². The Labute approximate surface area is 139 Å². The van der Waals surface area contributed by atoms with E-state index in [1.54, 1.807) is 31.3 Å². The monoisotopic (exact) mass is 338 g/mol. The second-order valence-electron chi connectivity index (χ2n) is 5.85. The average Bonchev–Trinajstić information content (AvgIpc) is 3.03. The largest absolute Gasteiger partial charge is 0.479 e. The van der Waals surface area contributed by atoms with Crippen LogP contribution in [0.3, 0.4) is 0 Å². The van der Waals surface area contributed by atoms with Crippen molar-refractivity contribution in [3.8, 4) is 0 Å². The van der Waals surface area contributed by atoms with Gasteiger partial charge in [0, 0.05) is 20.0 Å². The molecule has 2 rings (SSSR count). The molecular formula is C17H26N2O3S. The zero-order valence-electron chi connectivity index (χ0n) is 13.9. The molecule has 0 bridgehead atoms. The molecule has 6 heteroatoms. The molecule has 0 amide bonds. The molecule has 1 aromatic rings. The molecule has 0 spiro atoms. The van der Waals surface area contributed by atoms with Gasteiger partial charge >= 0.3 is 0 Å². The lowest BCUT2D eigenvalue weighted by Gasteiger charge is -2.17. The number of hydrogen-bond donors (Lipinski definition) is 0. The van der Waals surface area contributed by atoms with Crippen molar-refractivity contribution in [1.29, 1.82) is 0 Å². The summed E-state index contributed by atoms with van der Waals surface area (Å²) in [6.07, 6.45) is 4.66. The highest BCUT2D eigenvalue weighted by Gasteiger charge is 2.20. The Morgan fingerprint density at radius 3 is 2.61 bits per heavy atom. The predicted molar refractivity (Wildman–Crippen MR) is 92.2 cm³/mol. The summed E-state index contributed by atoms with van der Waals surface area (Å²) < 4.78 is 31.7. The normalized spacial score (nSPS) is 18.0. The maximum Gasteiger partial charge on any atom is 0.242 e. The molecule has 0 N–H and O–H groups in total. The Balaban J connectivity index is 1.70. The van der Waals surface area contributed by atoms with E-state index < -0.39 is 10.0 Å². The van der Waals surface area contributed by atoms with E-state index in [2.05, 4.69) is 11.9 Å². The van der Waals surface area contributed by atoms with Crippen LogP contribution in [-0.2, 0) is 14.8 Å². The maximum absolute atomic E-state index is 12.4. The van der Waals surface area contributed by atoms with Crippen molar-refractivity contribution in [1.82, 2.24) is 4.31 Å². The molecule has 0 fully saturated rings. The van der Waals surface area contributed by atoms with Gasteiger partial charge in [-0.25, -0.2) is 17.7 Å². The minimum absolute atomic E-state index is 0.326. The number of sulfonamides is 1. The van der Waals surface area contributed by atoms with Crippen LogP contribution in [0.25, 0.3) is 0 Å². The van der Waals surface area contributed by atoms with Crippen LogP contribution in [0.4, 0.5) is 0 Å². The lowest BCUT2D eigenvalue weighted by Crippen LogP contribution is -2.27. The number of rotatable bonds is 9. The quantitative estimate of drug-likeness (QED) is 0.650. The Bertz CT molecular complexity index is 614. The molecule has 1 aliphatic rings. The van der Waals surface area contributed by atoms with Gasteiger partial charge in [-0.15, -0.1) is 0 Å². The van der Waals surface area contributed by atoms with Crippen LogP contribution < -0.4 is 0 Å². The third-order valence-corrected chi connectivity index (χ3v) is 5.93. The van der Waals surface area contributed by atoms with Crippen molar-refractivity contribution in [3.63, 3.8) is 0 Å². The van der Waals surface area contributed by atoms with Crippen molar-refractivity contribution in [2.45, 2.75) is 50.0 Å². The maximum atomic E-state index is 12.4. The molecule has 128 valence electrons. The molecule has 0 unspecified atom stereocenters. The first-order chi connectivity index (χ1) is 11.0. The van der Waals surface area contributed by atoms with E-state index in [4.69, 9.17) is 4.74 Å². The standard InChI is InChI=1S/C17H26N2O3S/c1-3-15-14-22-17(18-15)12-8-5-9-13-19(2)23(20,21)16-10-6-4-7-11-16/h4,6-7,10-11,15H,3,5,8-9,12-14H2,1-2H3/t15-/m1/s1. The number of ether oxygens (including phenoxy) is 1. The van der Waals surface area contributed by atoms with E-state index in [9.17, 15) is 8.42 Å². The van der Waals surface area contributed by atoms with E-state index in [1.807, 2.05) is 6.07 Å². The number of unbranched alkanes of at least 4 members (excludes halogenated alkanes) is 2. The highest BCUT2D eigenvalue weighted by Crippen LogP contribution is 2.16. The zero-order chi connectivity index (χ0) is 16.7. The first-order valence-corrected chi connectivity index (χ1v) is 9.69. The van der Waals surface area contributed by atoms with Crippen molar-refractivity contribution in [3.05, 3.63) is 30.3 Å². The van der Waals surface area contributed by atoms with Crippen LogP contribution in [0.15, 0.2) is 40.2 Å². The summed E-state index contributed by atoms with van der Waals surface area (Å²) in [5, 5.41) is 0. The van der Waals surface area contributed by atoms with Gasteiger partial charge in [0.05, 0.1) is 10.9 Å². The summed E-state index contributed by atoms with van der Waals surface area (Å²) in [4.78, 5) is 4.86. The number of nitrogens with zero attached hydrogens (tertiary/aromatic N) is 2. The molecule has 5 nitrogen and oxygen atoms in total.